The van der Waals surface area contributed by atoms with Crippen molar-refractivity contribution < 1.29 is 18.0 Å². The molecule has 0 saturated heterocycles. The molecule has 1 heterocycles. The zero-order valence-electron chi connectivity index (χ0n) is 12.7. The smallest absolute Gasteiger partial charge is 0.345 e. The van der Waals surface area contributed by atoms with Gasteiger partial charge < -0.3 is 11.1 Å². The van der Waals surface area contributed by atoms with Crippen LogP contribution in [-0.4, -0.2) is 16.4 Å². The molecule has 0 aliphatic rings. The molecule has 128 valence electrons. The highest BCUT2D eigenvalue weighted by Gasteiger charge is 2.35. The molecule has 2 unspecified atom stereocenters. The molecule has 4 nitrogen and oxygen atoms in total. The van der Waals surface area contributed by atoms with Crippen LogP contribution in [0.3, 0.4) is 0 Å². The Morgan fingerprint density at radius 3 is 2.45 bits per heavy atom. The summed E-state index contributed by atoms with van der Waals surface area (Å²) in [5, 5.41) is 3.89. The van der Waals surface area contributed by atoms with Crippen molar-refractivity contribution in [3.8, 4) is 0 Å². The Bertz CT molecular complexity index is 491. The topological polar surface area (TPSA) is 68.0 Å². The molecule has 1 aromatic rings. The van der Waals surface area contributed by atoms with Gasteiger partial charge in [-0.05, 0) is 19.8 Å². The molecule has 0 aliphatic carbocycles. The van der Waals surface area contributed by atoms with Crippen molar-refractivity contribution >= 4 is 29.7 Å². The number of alkyl halides is 3. The van der Waals surface area contributed by atoms with Crippen molar-refractivity contribution in [2.24, 2.45) is 5.73 Å². The van der Waals surface area contributed by atoms with E-state index < -0.39 is 23.5 Å². The summed E-state index contributed by atoms with van der Waals surface area (Å²) in [5.41, 5.74) is 3.95. The van der Waals surface area contributed by atoms with Crippen LogP contribution in [0.25, 0.3) is 0 Å². The van der Waals surface area contributed by atoms with Crippen LogP contribution in [0.1, 0.15) is 56.8 Å². The quantitative estimate of drug-likeness (QED) is 0.814. The number of nitrogens with zero attached hydrogens (tertiary/aromatic N) is 1. The third-order valence-electron chi connectivity index (χ3n) is 3.11. The van der Waals surface area contributed by atoms with E-state index in [1.54, 1.807) is 13.8 Å². The van der Waals surface area contributed by atoms with Crippen molar-refractivity contribution in [3.05, 3.63) is 16.1 Å². The molecule has 9 heteroatoms. The average molecular weight is 360 g/mol. The standard InChI is InChI=1S/C13H20F3N3OS.ClH/c1-4-6-12(3,17)11(20)18-8(5-2)10-19-9(7-21-10)13(14,15)16;/h7-8H,4-6,17H2,1-3H3,(H,18,20);1H. The number of hydrogen-bond donors (Lipinski definition) is 2. The zero-order chi connectivity index (χ0) is 16.3. The number of carbonyl (C=O) groups is 1. The van der Waals surface area contributed by atoms with E-state index in [1.165, 1.54) is 0 Å². The summed E-state index contributed by atoms with van der Waals surface area (Å²) in [6.07, 6.45) is -2.78. The van der Waals surface area contributed by atoms with Gasteiger partial charge in [0.2, 0.25) is 5.91 Å². The van der Waals surface area contributed by atoms with Crippen molar-refractivity contribution in [3.63, 3.8) is 0 Å². The fraction of sp³-hybridized carbons (Fsp3) is 0.692. The summed E-state index contributed by atoms with van der Waals surface area (Å²) in [4.78, 5) is 15.7. The molecule has 22 heavy (non-hydrogen) atoms. The van der Waals surface area contributed by atoms with E-state index in [-0.39, 0.29) is 23.3 Å². The summed E-state index contributed by atoms with van der Waals surface area (Å²) in [7, 11) is 0. The molecule has 0 spiro atoms. The van der Waals surface area contributed by atoms with Gasteiger partial charge in [0.1, 0.15) is 5.01 Å². The molecule has 0 saturated carbocycles. The van der Waals surface area contributed by atoms with E-state index in [0.29, 0.717) is 12.8 Å². The van der Waals surface area contributed by atoms with Crippen LogP contribution in [0, 0.1) is 0 Å². The second kappa shape index (κ2) is 8.12. The summed E-state index contributed by atoms with van der Waals surface area (Å²) in [6.45, 7) is 5.29. The van der Waals surface area contributed by atoms with E-state index in [1.807, 2.05) is 6.92 Å². The Morgan fingerprint density at radius 1 is 1.45 bits per heavy atom. The number of nitrogens with one attached hydrogen (secondary N) is 1. The van der Waals surface area contributed by atoms with Crippen LogP contribution in [0.5, 0.6) is 0 Å². The monoisotopic (exact) mass is 359 g/mol. The second-order valence-electron chi connectivity index (χ2n) is 5.17. The molecule has 0 aliphatic heterocycles. The van der Waals surface area contributed by atoms with Gasteiger partial charge in [0, 0.05) is 5.38 Å². The van der Waals surface area contributed by atoms with Gasteiger partial charge in [-0.15, -0.1) is 23.7 Å². The lowest BCUT2D eigenvalue weighted by Crippen LogP contribution is -2.52. The Labute approximate surface area is 138 Å². The highest BCUT2D eigenvalue weighted by Crippen LogP contribution is 2.32. The maximum absolute atomic E-state index is 12.6. The van der Waals surface area contributed by atoms with E-state index >= 15 is 0 Å². The minimum Gasteiger partial charge on any atom is -0.345 e. The first-order valence-corrected chi connectivity index (χ1v) is 7.62. The number of rotatable bonds is 6. The predicted octanol–water partition coefficient (Wildman–Crippen LogP) is 3.67. The Kier molecular flexibility index (Phi) is 7.80. The lowest BCUT2D eigenvalue weighted by Gasteiger charge is -2.25. The average Bonchev–Trinajstić information content (AvgIpc) is 2.84. The van der Waals surface area contributed by atoms with Gasteiger partial charge in [0.15, 0.2) is 5.69 Å². The molecular weight excluding hydrogens is 339 g/mol. The summed E-state index contributed by atoms with van der Waals surface area (Å²) in [6, 6.07) is -0.557. The van der Waals surface area contributed by atoms with Crippen molar-refractivity contribution in [2.75, 3.05) is 0 Å². The normalized spacial score (nSPS) is 15.6. The summed E-state index contributed by atoms with van der Waals surface area (Å²) < 4.78 is 37.7. The van der Waals surface area contributed by atoms with Crippen molar-refractivity contribution in [2.45, 2.75) is 57.8 Å². The largest absolute Gasteiger partial charge is 0.434 e. The molecule has 0 fully saturated rings. The van der Waals surface area contributed by atoms with Crippen LogP contribution in [0.2, 0.25) is 0 Å². The molecule has 0 bridgehead atoms. The van der Waals surface area contributed by atoms with Crippen LogP contribution >= 0.6 is 23.7 Å². The maximum atomic E-state index is 12.6. The van der Waals surface area contributed by atoms with Crippen molar-refractivity contribution in [1.29, 1.82) is 0 Å². The Hall–Kier alpha value is -0.860. The Balaban J connectivity index is 0.00000441. The van der Waals surface area contributed by atoms with Crippen molar-refractivity contribution in [1.82, 2.24) is 10.3 Å². The van der Waals surface area contributed by atoms with Gasteiger partial charge in [-0.25, -0.2) is 4.98 Å². The van der Waals surface area contributed by atoms with Gasteiger partial charge in [-0.3, -0.25) is 4.79 Å². The minimum atomic E-state index is -4.47. The number of hydrogen-bond acceptors (Lipinski definition) is 4. The van der Waals surface area contributed by atoms with Gasteiger partial charge in [0.05, 0.1) is 11.6 Å². The minimum absolute atomic E-state index is 0. The first kappa shape index (κ1) is 21.1. The van der Waals surface area contributed by atoms with E-state index in [4.69, 9.17) is 5.73 Å². The van der Waals surface area contributed by atoms with Gasteiger partial charge in [-0.1, -0.05) is 20.3 Å². The van der Waals surface area contributed by atoms with E-state index in [9.17, 15) is 18.0 Å². The molecule has 0 radical (unpaired) electrons. The number of amides is 1. The van der Waals surface area contributed by atoms with E-state index in [2.05, 4.69) is 10.3 Å². The fourth-order valence-corrected chi connectivity index (χ4v) is 2.83. The predicted molar refractivity (Wildman–Crippen MR) is 83.0 cm³/mol. The SMILES string of the molecule is CCCC(C)(N)C(=O)NC(CC)c1nc(C(F)(F)F)cs1.Cl. The number of aromatic nitrogens is 1. The molecule has 3 N–H and O–H groups in total. The molecular formula is C13H21ClF3N3OS. The second-order valence-corrected chi connectivity index (χ2v) is 6.06. The lowest BCUT2D eigenvalue weighted by molar-refractivity contribution is -0.140. The molecule has 2 atom stereocenters. The first-order chi connectivity index (χ1) is 9.61. The maximum Gasteiger partial charge on any atom is 0.434 e. The van der Waals surface area contributed by atoms with E-state index in [0.717, 1.165) is 23.1 Å². The molecule has 1 amide bonds. The molecule has 0 aromatic carbocycles. The first-order valence-electron chi connectivity index (χ1n) is 6.74. The zero-order valence-corrected chi connectivity index (χ0v) is 14.3. The Morgan fingerprint density at radius 2 is 2.05 bits per heavy atom. The van der Waals surface area contributed by atoms with Gasteiger partial charge >= 0.3 is 6.18 Å². The fourth-order valence-electron chi connectivity index (χ4n) is 1.87. The van der Waals surface area contributed by atoms with Crippen LogP contribution in [-0.2, 0) is 11.0 Å². The third-order valence-corrected chi connectivity index (χ3v) is 4.07. The van der Waals surface area contributed by atoms with Gasteiger partial charge in [0.25, 0.3) is 0 Å². The molecule has 1 rings (SSSR count). The van der Waals surface area contributed by atoms with Gasteiger partial charge in [-0.2, -0.15) is 13.2 Å². The molecule has 1 aromatic heterocycles. The van der Waals surface area contributed by atoms with Crippen LogP contribution in [0.4, 0.5) is 13.2 Å². The van der Waals surface area contributed by atoms with Crippen LogP contribution in [0.15, 0.2) is 5.38 Å². The highest BCUT2D eigenvalue weighted by molar-refractivity contribution is 7.09. The number of thiazole rings is 1. The lowest BCUT2D eigenvalue weighted by atomic mass is 9.96. The van der Waals surface area contributed by atoms with Crippen LogP contribution < -0.4 is 11.1 Å². The number of carbonyl (C=O) groups excluding carboxylic acids is 1. The third kappa shape index (κ3) is 5.40. The summed E-state index contributed by atoms with van der Waals surface area (Å²) >= 11 is 0.888. The number of halogens is 4. The summed E-state index contributed by atoms with van der Waals surface area (Å²) in [5.74, 6) is -0.375. The number of nitrogens with two attached hydrogens (primary N) is 1. The highest BCUT2D eigenvalue weighted by atomic mass is 35.5.